The summed E-state index contributed by atoms with van der Waals surface area (Å²) in [4.78, 5) is 0. The first kappa shape index (κ1) is 17.1. The number of aryl methyl sites for hydroxylation is 1. The van der Waals surface area contributed by atoms with Crippen LogP contribution in [0.1, 0.15) is 12.5 Å². The van der Waals surface area contributed by atoms with E-state index in [1.807, 2.05) is 19.2 Å². The van der Waals surface area contributed by atoms with Gasteiger partial charge in [0.25, 0.3) is 0 Å². The third-order valence-electron chi connectivity index (χ3n) is 3.39. The van der Waals surface area contributed by atoms with Crippen LogP contribution in [0.3, 0.4) is 0 Å². The molecule has 0 amide bonds. The van der Waals surface area contributed by atoms with Gasteiger partial charge in [0.1, 0.15) is 11.5 Å². The summed E-state index contributed by atoms with van der Waals surface area (Å²) in [6.07, 6.45) is 2.55. The van der Waals surface area contributed by atoms with E-state index in [4.69, 9.17) is 18.9 Å². The van der Waals surface area contributed by atoms with Crippen molar-refractivity contribution < 1.29 is 18.9 Å². The van der Waals surface area contributed by atoms with Crippen molar-refractivity contribution in [2.75, 3.05) is 40.2 Å². The van der Waals surface area contributed by atoms with Gasteiger partial charge in [-0.05, 0) is 18.1 Å². The lowest BCUT2D eigenvalue weighted by Crippen LogP contribution is -2.05. The largest absolute Gasteiger partial charge is 0.467 e. The maximum atomic E-state index is 5.71. The summed E-state index contributed by atoms with van der Waals surface area (Å²) in [5.74, 6) is 1.38. The van der Waals surface area contributed by atoms with Crippen LogP contribution >= 0.6 is 0 Å². The first-order chi connectivity index (χ1) is 11.2. The maximum absolute atomic E-state index is 5.71. The first-order valence-corrected chi connectivity index (χ1v) is 7.37. The summed E-state index contributed by atoms with van der Waals surface area (Å²) in [5, 5.41) is 10.2. The molecule has 2 rings (SSSR count). The van der Waals surface area contributed by atoms with Gasteiger partial charge in [-0.2, -0.15) is 5.10 Å². The summed E-state index contributed by atoms with van der Waals surface area (Å²) in [7, 11) is 5.02. The minimum atomic E-state index is 0.144. The van der Waals surface area contributed by atoms with Crippen LogP contribution < -0.4 is 14.8 Å². The molecular weight excluding hydrogens is 298 g/mol. The zero-order valence-electron chi connectivity index (χ0n) is 13.9. The minimum absolute atomic E-state index is 0.144. The Bertz CT molecular complexity index is 628. The topological polar surface area (TPSA) is 77.6 Å². The van der Waals surface area contributed by atoms with Gasteiger partial charge >= 0.3 is 0 Å². The second-order valence-electron chi connectivity index (χ2n) is 4.82. The fraction of sp³-hybridized carbons (Fsp3) is 0.438. The molecule has 1 heterocycles. The number of aromatic nitrogens is 2. The van der Waals surface area contributed by atoms with E-state index < -0.39 is 0 Å². The van der Waals surface area contributed by atoms with Gasteiger partial charge in [-0.1, -0.05) is 6.92 Å². The summed E-state index contributed by atoms with van der Waals surface area (Å²) < 4.78 is 21.4. The average Bonchev–Trinajstić information content (AvgIpc) is 3.06. The molecule has 0 aliphatic heterocycles. The number of nitrogens with one attached hydrogen (secondary N) is 2. The first-order valence-electron chi connectivity index (χ1n) is 7.37. The van der Waals surface area contributed by atoms with Crippen LogP contribution in [0.15, 0.2) is 18.3 Å². The van der Waals surface area contributed by atoms with Gasteiger partial charge in [0.2, 0.25) is 0 Å². The van der Waals surface area contributed by atoms with Crippen LogP contribution in [0.5, 0.6) is 11.5 Å². The Morgan fingerprint density at radius 2 is 1.78 bits per heavy atom. The van der Waals surface area contributed by atoms with E-state index in [0.29, 0.717) is 5.75 Å². The molecule has 0 saturated carbocycles. The van der Waals surface area contributed by atoms with Gasteiger partial charge in [-0.25, -0.2) is 0 Å². The second-order valence-corrected chi connectivity index (χ2v) is 4.82. The van der Waals surface area contributed by atoms with Crippen LogP contribution in [-0.4, -0.2) is 45.1 Å². The molecule has 2 aromatic rings. The monoisotopic (exact) mass is 321 g/mol. The Labute approximate surface area is 135 Å². The molecule has 0 atom stereocenters. The molecule has 0 fully saturated rings. The van der Waals surface area contributed by atoms with E-state index in [9.17, 15) is 0 Å². The lowest BCUT2D eigenvalue weighted by Gasteiger charge is -2.16. The Morgan fingerprint density at radius 1 is 1.09 bits per heavy atom. The van der Waals surface area contributed by atoms with Crippen LogP contribution in [0.25, 0.3) is 11.3 Å². The quantitative estimate of drug-likeness (QED) is 0.691. The van der Waals surface area contributed by atoms with Crippen molar-refractivity contribution >= 4 is 5.69 Å². The Balaban J connectivity index is 2.49. The highest BCUT2D eigenvalue weighted by atomic mass is 16.7. The fourth-order valence-corrected chi connectivity index (χ4v) is 2.26. The highest BCUT2D eigenvalue weighted by Crippen LogP contribution is 2.38. The molecule has 1 aromatic carbocycles. The number of H-pyrrole nitrogens is 1. The van der Waals surface area contributed by atoms with Crippen molar-refractivity contribution in [1.82, 2.24) is 10.2 Å². The fourth-order valence-electron chi connectivity index (χ4n) is 2.26. The average molecular weight is 321 g/mol. The number of anilines is 1. The number of benzene rings is 1. The number of hydrogen-bond donors (Lipinski definition) is 2. The minimum Gasteiger partial charge on any atom is -0.467 e. The molecule has 2 N–H and O–H groups in total. The van der Waals surface area contributed by atoms with Crippen LogP contribution in [0.2, 0.25) is 0 Å². The number of hydrogen-bond acceptors (Lipinski definition) is 6. The van der Waals surface area contributed by atoms with Gasteiger partial charge < -0.3 is 24.3 Å². The highest BCUT2D eigenvalue weighted by Gasteiger charge is 2.17. The number of methoxy groups -OCH3 is 2. The second kappa shape index (κ2) is 8.40. The Morgan fingerprint density at radius 3 is 2.39 bits per heavy atom. The normalized spacial score (nSPS) is 10.6. The summed E-state index contributed by atoms with van der Waals surface area (Å²) in [5.41, 5.74) is 3.69. The Hall–Kier alpha value is -2.25. The molecule has 1 aromatic heterocycles. The number of nitrogens with zero attached hydrogens (tertiary/aromatic N) is 1. The third kappa shape index (κ3) is 3.94. The number of aromatic amines is 1. The van der Waals surface area contributed by atoms with E-state index in [2.05, 4.69) is 22.4 Å². The SMILES string of the molecule is CCc1cc(-c2[nH]ncc2NC)c(OCOC)cc1OCOC. The van der Waals surface area contributed by atoms with Crippen molar-refractivity contribution in [2.45, 2.75) is 13.3 Å². The molecule has 126 valence electrons. The highest BCUT2D eigenvalue weighted by molar-refractivity contribution is 5.79. The molecule has 0 unspecified atom stereocenters. The molecule has 7 heteroatoms. The van der Waals surface area contributed by atoms with Crippen molar-refractivity contribution in [1.29, 1.82) is 0 Å². The zero-order valence-corrected chi connectivity index (χ0v) is 13.9. The predicted molar refractivity (Wildman–Crippen MR) is 88.0 cm³/mol. The van der Waals surface area contributed by atoms with Gasteiger partial charge in [-0.15, -0.1) is 0 Å². The standard InChI is InChI=1S/C16H23N3O4/c1-5-11-6-12(16-13(17-2)8-18-19-16)15(23-10-21-4)7-14(11)22-9-20-3/h6-8,17H,5,9-10H2,1-4H3,(H,18,19). The van der Waals surface area contributed by atoms with Crippen molar-refractivity contribution in [3.63, 3.8) is 0 Å². The van der Waals surface area contributed by atoms with E-state index >= 15 is 0 Å². The molecule has 23 heavy (non-hydrogen) atoms. The van der Waals surface area contributed by atoms with E-state index in [1.165, 1.54) is 0 Å². The van der Waals surface area contributed by atoms with Gasteiger partial charge in [0.05, 0.1) is 17.6 Å². The summed E-state index contributed by atoms with van der Waals surface area (Å²) >= 11 is 0. The molecular formula is C16H23N3O4. The van der Waals surface area contributed by atoms with E-state index in [-0.39, 0.29) is 13.6 Å². The lowest BCUT2D eigenvalue weighted by atomic mass is 10.0. The van der Waals surface area contributed by atoms with Gasteiger partial charge in [-0.3, -0.25) is 5.10 Å². The van der Waals surface area contributed by atoms with Crippen molar-refractivity contribution in [3.05, 3.63) is 23.9 Å². The molecule has 0 radical (unpaired) electrons. The summed E-state index contributed by atoms with van der Waals surface area (Å²) in [6, 6.07) is 3.89. The third-order valence-corrected chi connectivity index (χ3v) is 3.39. The van der Waals surface area contributed by atoms with Crippen LogP contribution in [0, 0.1) is 0 Å². The predicted octanol–water partition coefficient (Wildman–Crippen LogP) is 2.65. The van der Waals surface area contributed by atoms with Crippen molar-refractivity contribution in [2.24, 2.45) is 0 Å². The molecule has 0 saturated heterocycles. The Kier molecular flexibility index (Phi) is 6.25. The molecule has 7 nitrogen and oxygen atoms in total. The maximum Gasteiger partial charge on any atom is 0.188 e. The summed E-state index contributed by atoms with van der Waals surface area (Å²) in [6.45, 7) is 2.40. The van der Waals surface area contributed by atoms with Crippen LogP contribution in [-0.2, 0) is 15.9 Å². The number of ether oxygens (including phenoxy) is 4. The molecule has 0 aliphatic carbocycles. The molecule has 0 aliphatic rings. The molecule has 0 bridgehead atoms. The van der Waals surface area contributed by atoms with E-state index in [0.717, 1.165) is 34.7 Å². The lowest BCUT2D eigenvalue weighted by molar-refractivity contribution is 0.0458. The zero-order chi connectivity index (χ0) is 16.7. The van der Waals surface area contributed by atoms with Crippen LogP contribution in [0.4, 0.5) is 5.69 Å². The van der Waals surface area contributed by atoms with Gasteiger partial charge in [0.15, 0.2) is 13.6 Å². The van der Waals surface area contributed by atoms with Crippen molar-refractivity contribution in [3.8, 4) is 22.8 Å². The van der Waals surface area contributed by atoms with Gasteiger partial charge in [0, 0.05) is 32.9 Å². The number of rotatable bonds is 9. The smallest absolute Gasteiger partial charge is 0.188 e. The molecule has 0 spiro atoms. The van der Waals surface area contributed by atoms with E-state index in [1.54, 1.807) is 20.4 Å².